The number of aryl methyl sites for hydroxylation is 1. The molecule has 1 aromatic carbocycles. The van der Waals surface area contributed by atoms with Crippen LogP contribution in [0.5, 0.6) is 0 Å². The topological polar surface area (TPSA) is 37.3 Å². The second kappa shape index (κ2) is 5.81. The van der Waals surface area contributed by atoms with Crippen LogP contribution in [0.3, 0.4) is 0 Å². The van der Waals surface area contributed by atoms with Crippen LogP contribution in [-0.2, 0) is 16.5 Å². The first-order valence-corrected chi connectivity index (χ1v) is 5.70. The highest BCUT2D eigenvalue weighted by atomic mass is 79.9. The Morgan fingerprint density at radius 3 is 2.50 bits per heavy atom. The predicted octanol–water partition coefficient (Wildman–Crippen LogP) is 2.99. The zero-order valence-corrected chi connectivity index (χ0v) is 9.46. The van der Waals surface area contributed by atoms with E-state index >= 15 is 0 Å². The summed E-state index contributed by atoms with van der Waals surface area (Å²) < 4.78 is 0. The van der Waals surface area contributed by atoms with E-state index in [0.717, 1.165) is 11.8 Å². The molecule has 0 saturated heterocycles. The van der Waals surface area contributed by atoms with Crippen LogP contribution in [0.1, 0.15) is 24.0 Å². The van der Waals surface area contributed by atoms with Crippen LogP contribution in [0.25, 0.3) is 0 Å². The van der Waals surface area contributed by atoms with Crippen molar-refractivity contribution >= 4 is 21.9 Å². The number of benzene rings is 1. The summed E-state index contributed by atoms with van der Waals surface area (Å²) >= 11 is 3.41. The van der Waals surface area contributed by atoms with Gasteiger partial charge >= 0.3 is 5.97 Å². The number of hydrogen-bond acceptors (Lipinski definition) is 1. The average molecular weight is 257 g/mol. The molecule has 0 heterocycles. The third kappa shape index (κ3) is 3.50. The quantitative estimate of drug-likeness (QED) is 0.823. The molecule has 3 heteroatoms. The summed E-state index contributed by atoms with van der Waals surface area (Å²) in [5.74, 6) is -0.721. The molecule has 0 radical (unpaired) electrons. The largest absolute Gasteiger partial charge is 0.481 e. The molecule has 0 fully saturated rings. The van der Waals surface area contributed by atoms with E-state index in [9.17, 15) is 4.79 Å². The van der Waals surface area contributed by atoms with Gasteiger partial charge in [-0.05, 0) is 24.0 Å². The number of alkyl halides is 1. The van der Waals surface area contributed by atoms with E-state index in [1.54, 1.807) is 0 Å². The SMILES string of the molecule is O=C(O)CCCc1ccccc1CBr. The Labute approximate surface area is 92.1 Å². The molecule has 0 aromatic heterocycles. The van der Waals surface area contributed by atoms with Gasteiger partial charge in [-0.1, -0.05) is 40.2 Å². The molecular weight excluding hydrogens is 244 g/mol. The van der Waals surface area contributed by atoms with Gasteiger partial charge in [0.2, 0.25) is 0 Å². The minimum Gasteiger partial charge on any atom is -0.481 e. The first-order valence-electron chi connectivity index (χ1n) is 4.58. The molecule has 0 atom stereocenters. The maximum Gasteiger partial charge on any atom is 0.303 e. The fourth-order valence-corrected chi connectivity index (χ4v) is 1.91. The zero-order valence-electron chi connectivity index (χ0n) is 7.87. The summed E-state index contributed by atoms with van der Waals surface area (Å²) in [6.07, 6.45) is 1.80. The first-order chi connectivity index (χ1) is 6.74. The fourth-order valence-electron chi connectivity index (χ4n) is 1.36. The summed E-state index contributed by atoms with van der Waals surface area (Å²) in [5, 5.41) is 9.34. The van der Waals surface area contributed by atoms with E-state index in [-0.39, 0.29) is 6.42 Å². The molecule has 1 rings (SSSR count). The number of hydrogen-bond donors (Lipinski definition) is 1. The Morgan fingerprint density at radius 2 is 1.93 bits per heavy atom. The van der Waals surface area contributed by atoms with Crippen molar-refractivity contribution in [1.29, 1.82) is 0 Å². The van der Waals surface area contributed by atoms with Gasteiger partial charge in [0.15, 0.2) is 0 Å². The lowest BCUT2D eigenvalue weighted by molar-refractivity contribution is -0.137. The minimum absolute atomic E-state index is 0.247. The Balaban J connectivity index is 2.53. The molecule has 0 aliphatic carbocycles. The van der Waals surface area contributed by atoms with Gasteiger partial charge in [0.1, 0.15) is 0 Å². The summed E-state index contributed by atoms with van der Waals surface area (Å²) in [6, 6.07) is 8.10. The number of carboxylic acids is 1. The zero-order chi connectivity index (χ0) is 10.4. The maximum atomic E-state index is 10.3. The molecule has 0 amide bonds. The second-order valence-corrected chi connectivity index (χ2v) is 3.71. The van der Waals surface area contributed by atoms with Crippen molar-refractivity contribution in [1.82, 2.24) is 0 Å². The third-order valence-electron chi connectivity index (χ3n) is 2.10. The van der Waals surface area contributed by atoms with Crippen LogP contribution in [0.2, 0.25) is 0 Å². The standard InChI is InChI=1S/C11H13BrO2/c12-8-10-5-2-1-4-9(10)6-3-7-11(13)14/h1-2,4-5H,3,6-8H2,(H,13,14). The molecule has 0 unspecified atom stereocenters. The van der Waals surface area contributed by atoms with Crippen LogP contribution >= 0.6 is 15.9 Å². The van der Waals surface area contributed by atoms with Crippen molar-refractivity contribution in [2.45, 2.75) is 24.6 Å². The van der Waals surface area contributed by atoms with E-state index in [1.165, 1.54) is 11.1 Å². The molecular formula is C11H13BrO2. The van der Waals surface area contributed by atoms with E-state index in [0.29, 0.717) is 6.42 Å². The highest BCUT2D eigenvalue weighted by Crippen LogP contribution is 2.14. The van der Waals surface area contributed by atoms with Crippen molar-refractivity contribution in [3.8, 4) is 0 Å². The van der Waals surface area contributed by atoms with E-state index < -0.39 is 5.97 Å². The number of carbonyl (C=O) groups is 1. The Hall–Kier alpha value is -0.830. The summed E-state index contributed by atoms with van der Waals surface area (Å²) in [5.41, 5.74) is 2.49. The lowest BCUT2D eigenvalue weighted by Gasteiger charge is -2.05. The number of aliphatic carboxylic acids is 1. The Kier molecular flexibility index (Phi) is 4.66. The van der Waals surface area contributed by atoms with Crippen molar-refractivity contribution in [2.24, 2.45) is 0 Å². The molecule has 0 aliphatic heterocycles. The number of carboxylic acid groups (broad SMARTS) is 1. The predicted molar refractivity (Wildman–Crippen MR) is 59.6 cm³/mol. The smallest absolute Gasteiger partial charge is 0.303 e. The highest BCUT2D eigenvalue weighted by molar-refractivity contribution is 9.08. The van der Waals surface area contributed by atoms with Crippen molar-refractivity contribution < 1.29 is 9.90 Å². The Morgan fingerprint density at radius 1 is 1.29 bits per heavy atom. The van der Waals surface area contributed by atoms with Gasteiger partial charge in [0, 0.05) is 11.8 Å². The van der Waals surface area contributed by atoms with Gasteiger partial charge in [-0.3, -0.25) is 4.79 Å². The van der Waals surface area contributed by atoms with Gasteiger partial charge in [-0.2, -0.15) is 0 Å². The monoisotopic (exact) mass is 256 g/mol. The Bertz CT molecular complexity index is 310. The molecule has 14 heavy (non-hydrogen) atoms. The lowest BCUT2D eigenvalue weighted by Crippen LogP contribution is -1.97. The summed E-state index contributed by atoms with van der Waals surface area (Å²) in [6.45, 7) is 0. The molecule has 0 bridgehead atoms. The first kappa shape index (κ1) is 11.2. The highest BCUT2D eigenvalue weighted by Gasteiger charge is 2.01. The van der Waals surface area contributed by atoms with Gasteiger partial charge in [0.25, 0.3) is 0 Å². The van der Waals surface area contributed by atoms with Gasteiger partial charge in [-0.15, -0.1) is 0 Å². The number of rotatable bonds is 5. The molecule has 0 aliphatic rings. The van der Waals surface area contributed by atoms with Crippen LogP contribution < -0.4 is 0 Å². The van der Waals surface area contributed by atoms with E-state index in [4.69, 9.17) is 5.11 Å². The van der Waals surface area contributed by atoms with Gasteiger partial charge in [0.05, 0.1) is 0 Å². The molecule has 1 aromatic rings. The van der Waals surface area contributed by atoms with Crippen LogP contribution in [-0.4, -0.2) is 11.1 Å². The van der Waals surface area contributed by atoms with Crippen LogP contribution in [0.4, 0.5) is 0 Å². The summed E-state index contributed by atoms with van der Waals surface area (Å²) in [7, 11) is 0. The second-order valence-electron chi connectivity index (χ2n) is 3.15. The number of halogens is 1. The minimum atomic E-state index is -0.721. The third-order valence-corrected chi connectivity index (χ3v) is 2.70. The summed E-state index contributed by atoms with van der Waals surface area (Å²) in [4.78, 5) is 10.3. The van der Waals surface area contributed by atoms with Gasteiger partial charge in [-0.25, -0.2) is 0 Å². The molecule has 2 nitrogen and oxygen atoms in total. The average Bonchev–Trinajstić information content (AvgIpc) is 2.18. The normalized spacial score (nSPS) is 10.1. The van der Waals surface area contributed by atoms with Crippen LogP contribution in [0, 0.1) is 0 Å². The molecule has 1 N–H and O–H groups in total. The molecule has 0 saturated carbocycles. The van der Waals surface area contributed by atoms with E-state index in [2.05, 4.69) is 28.1 Å². The van der Waals surface area contributed by atoms with E-state index in [1.807, 2.05) is 12.1 Å². The maximum absolute atomic E-state index is 10.3. The van der Waals surface area contributed by atoms with Crippen molar-refractivity contribution in [3.05, 3.63) is 35.4 Å². The fraction of sp³-hybridized carbons (Fsp3) is 0.364. The lowest BCUT2D eigenvalue weighted by atomic mass is 10.0. The van der Waals surface area contributed by atoms with Crippen molar-refractivity contribution in [2.75, 3.05) is 0 Å². The molecule has 76 valence electrons. The van der Waals surface area contributed by atoms with Gasteiger partial charge < -0.3 is 5.11 Å². The van der Waals surface area contributed by atoms with Crippen molar-refractivity contribution in [3.63, 3.8) is 0 Å². The molecule has 0 spiro atoms. The van der Waals surface area contributed by atoms with Crippen LogP contribution in [0.15, 0.2) is 24.3 Å².